The first-order valence-corrected chi connectivity index (χ1v) is 17.6. The van der Waals surface area contributed by atoms with E-state index in [9.17, 15) is 19.8 Å². The second kappa shape index (κ2) is 17.3. The lowest BCUT2D eigenvalue weighted by Gasteiger charge is -2.29. The van der Waals surface area contributed by atoms with Gasteiger partial charge in [-0.3, -0.25) is 14.5 Å². The smallest absolute Gasteiger partial charge is 0.306 e. The molecule has 9 heteroatoms. The summed E-state index contributed by atoms with van der Waals surface area (Å²) in [5.41, 5.74) is 3.19. The fourth-order valence-electron chi connectivity index (χ4n) is 6.77. The summed E-state index contributed by atoms with van der Waals surface area (Å²) in [6.07, 6.45) is -0.254. The predicted molar refractivity (Wildman–Crippen MR) is 188 cm³/mol. The maximum atomic E-state index is 14.1. The number of fused-ring (bicyclic) bond motifs is 1. The Morgan fingerprint density at radius 2 is 1.61 bits per heavy atom. The van der Waals surface area contributed by atoms with Crippen molar-refractivity contribution in [1.82, 2.24) is 10.2 Å². The minimum atomic E-state index is -0.966. The molecule has 1 amide bonds. The Morgan fingerprint density at radius 1 is 0.939 bits per heavy atom. The van der Waals surface area contributed by atoms with Gasteiger partial charge in [-0.2, -0.15) is 0 Å². The van der Waals surface area contributed by atoms with Crippen molar-refractivity contribution in [2.24, 2.45) is 11.8 Å². The third kappa shape index (κ3) is 11.1. The summed E-state index contributed by atoms with van der Waals surface area (Å²) in [4.78, 5) is 29.4. The number of morpholine rings is 1. The number of aliphatic hydroxyl groups excluding tert-OH is 2. The van der Waals surface area contributed by atoms with Crippen LogP contribution in [0.4, 0.5) is 0 Å². The lowest BCUT2D eigenvalue weighted by molar-refractivity contribution is -0.157. The minimum Gasteiger partial charge on any atom is -0.492 e. The molecule has 264 valence electrons. The molecule has 1 heterocycles. The van der Waals surface area contributed by atoms with E-state index in [2.05, 4.69) is 10.2 Å². The average molecular weight is 673 g/mol. The van der Waals surface area contributed by atoms with Crippen molar-refractivity contribution in [3.05, 3.63) is 101 Å². The Hall–Kier alpha value is -3.76. The Kier molecular flexibility index (Phi) is 12.9. The first-order chi connectivity index (χ1) is 23.5. The number of carbonyl (C=O) groups excluding carboxylic acids is 2. The van der Waals surface area contributed by atoms with Gasteiger partial charge < -0.3 is 29.7 Å². The molecule has 9 nitrogen and oxygen atoms in total. The maximum absolute atomic E-state index is 14.1. The number of esters is 1. The molecular weight excluding hydrogens is 620 g/mol. The van der Waals surface area contributed by atoms with Crippen LogP contribution in [0.2, 0.25) is 0 Å². The van der Waals surface area contributed by atoms with Crippen molar-refractivity contribution in [1.29, 1.82) is 0 Å². The van der Waals surface area contributed by atoms with E-state index in [1.807, 2.05) is 99.6 Å². The van der Waals surface area contributed by atoms with Gasteiger partial charge in [0.2, 0.25) is 5.91 Å². The summed E-state index contributed by atoms with van der Waals surface area (Å²) in [6, 6.07) is 24.7. The van der Waals surface area contributed by atoms with Gasteiger partial charge in [0.05, 0.1) is 37.9 Å². The summed E-state index contributed by atoms with van der Waals surface area (Å²) in [7, 11) is 0. The van der Waals surface area contributed by atoms with Crippen LogP contribution in [0.15, 0.2) is 78.9 Å². The van der Waals surface area contributed by atoms with E-state index in [-0.39, 0.29) is 24.7 Å². The van der Waals surface area contributed by atoms with Crippen LogP contribution in [-0.2, 0) is 38.3 Å². The van der Waals surface area contributed by atoms with Crippen LogP contribution < -0.4 is 10.1 Å². The van der Waals surface area contributed by atoms with E-state index in [0.717, 1.165) is 60.9 Å². The highest BCUT2D eigenvalue weighted by Gasteiger charge is 2.35. The van der Waals surface area contributed by atoms with Crippen LogP contribution in [-0.4, -0.2) is 84.3 Å². The molecule has 1 aliphatic heterocycles. The summed E-state index contributed by atoms with van der Waals surface area (Å²) in [5.74, 6) is -0.971. The van der Waals surface area contributed by atoms with E-state index >= 15 is 0 Å². The topological polar surface area (TPSA) is 118 Å². The molecule has 0 radical (unpaired) electrons. The number of nitrogens with one attached hydrogen (secondary N) is 1. The standard InChI is InChI=1S/C40H52N2O7/c1-40(2,3)49-37(45)27-31(23-28-9-5-4-6-10-28)35(43)26-32(39(46)41-38-34-12-8-7-11-30(34)25-36(38)44)24-29-13-15-33(16-14-29)48-22-19-42-17-20-47-21-18-42/h4-16,31-32,35-36,38,43-44H,17-27H2,1-3H3,(H,41,46)/t31?,32?,35?,36-,38-/m0/s1. The molecule has 0 saturated carbocycles. The van der Waals surface area contributed by atoms with E-state index in [1.165, 1.54) is 0 Å². The summed E-state index contributed by atoms with van der Waals surface area (Å²) in [5, 5.41) is 25.8. The van der Waals surface area contributed by atoms with Gasteiger partial charge in [0.15, 0.2) is 0 Å². The predicted octanol–water partition coefficient (Wildman–Crippen LogP) is 4.67. The van der Waals surface area contributed by atoms with Crippen molar-refractivity contribution in [3.63, 3.8) is 0 Å². The molecule has 3 aromatic carbocycles. The molecule has 3 N–H and O–H groups in total. The first kappa shape index (κ1) is 36.5. The fourth-order valence-corrected chi connectivity index (χ4v) is 6.77. The van der Waals surface area contributed by atoms with Crippen molar-refractivity contribution in [2.75, 3.05) is 39.5 Å². The third-order valence-electron chi connectivity index (χ3n) is 9.32. The molecule has 0 aromatic heterocycles. The van der Waals surface area contributed by atoms with Crippen LogP contribution in [0.5, 0.6) is 5.75 Å². The highest BCUT2D eigenvalue weighted by atomic mass is 16.6. The summed E-state index contributed by atoms with van der Waals surface area (Å²) in [6.45, 7) is 10.2. The van der Waals surface area contributed by atoms with Crippen molar-refractivity contribution in [3.8, 4) is 5.75 Å². The molecule has 5 rings (SSSR count). The highest BCUT2D eigenvalue weighted by molar-refractivity contribution is 5.80. The van der Waals surface area contributed by atoms with E-state index < -0.39 is 35.7 Å². The largest absolute Gasteiger partial charge is 0.492 e. The van der Waals surface area contributed by atoms with Gasteiger partial charge in [-0.1, -0.05) is 66.7 Å². The number of amides is 1. The Labute approximate surface area is 290 Å². The lowest BCUT2D eigenvalue weighted by Crippen LogP contribution is -2.41. The molecule has 1 saturated heterocycles. The molecule has 49 heavy (non-hydrogen) atoms. The van der Waals surface area contributed by atoms with Crippen molar-refractivity contribution in [2.45, 2.75) is 76.7 Å². The van der Waals surface area contributed by atoms with Gasteiger partial charge in [0, 0.05) is 32.0 Å². The SMILES string of the molecule is CC(C)(C)OC(=O)CC(Cc1ccccc1)C(O)CC(Cc1ccc(OCCN2CCOCC2)cc1)C(=O)N[C@H]1c2ccccc2C[C@@H]1O. The number of hydrogen-bond acceptors (Lipinski definition) is 8. The lowest BCUT2D eigenvalue weighted by atomic mass is 9.83. The molecule has 0 bridgehead atoms. The average Bonchev–Trinajstić information content (AvgIpc) is 3.39. The molecule has 5 atom stereocenters. The van der Waals surface area contributed by atoms with Crippen LogP contribution in [0, 0.1) is 11.8 Å². The van der Waals surface area contributed by atoms with Crippen LogP contribution in [0.3, 0.4) is 0 Å². The van der Waals surface area contributed by atoms with Crippen LogP contribution in [0.25, 0.3) is 0 Å². The van der Waals surface area contributed by atoms with Gasteiger partial charge in [0.25, 0.3) is 0 Å². The Balaban J connectivity index is 1.31. The molecule has 3 unspecified atom stereocenters. The van der Waals surface area contributed by atoms with Crippen molar-refractivity contribution >= 4 is 11.9 Å². The number of ether oxygens (including phenoxy) is 3. The quantitative estimate of drug-likeness (QED) is 0.200. The molecular formula is C40H52N2O7. The van der Waals surface area contributed by atoms with Gasteiger partial charge in [0.1, 0.15) is 18.0 Å². The molecule has 2 aliphatic rings. The monoisotopic (exact) mass is 672 g/mol. The zero-order valence-electron chi connectivity index (χ0n) is 29.1. The Morgan fingerprint density at radius 3 is 2.33 bits per heavy atom. The van der Waals surface area contributed by atoms with E-state index in [4.69, 9.17) is 14.2 Å². The second-order valence-corrected chi connectivity index (χ2v) is 14.3. The van der Waals surface area contributed by atoms with Gasteiger partial charge in [-0.25, -0.2) is 0 Å². The molecule has 0 spiro atoms. The number of benzene rings is 3. The fraction of sp³-hybridized carbons (Fsp3) is 0.500. The second-order valence-electron chi connectivity index (χ2n) is 14.3. The zero-order valence-corrected chi connectivity index (χ0v) is 29.1. The van der Waals surface area contributed by atoms with Crippen molar-refractivity contribution < 1.29 is 34.0 Å². The number of carbonyl (C=O) groups is 2. The summed E-state index contributed by atoms with van der Waals surface area (Å²) < 4.78 is 17.1. The molecule has 1 fully saturated rings. The number of hydrogen-bond donors (Lipinski definition) is 3. The molecule has 1 aliphatic carbocycles. The number of aliphatic hydroxyl groups is 2. The number of nitrogens with zero attached hydrogens (tertiary/aromatic N) is 1. The normalized spacial score (nSPS) is 19.8. The van der Waals surface area contributed by atoms with Crippen LogP contribution in [0.1, 0.15) is 61.9 Å². The number of rotatable bonds is 15. The van der Waals surface area contributed by atoms with E-state index in [1.54, 1.807) is 0 Å². The van der Waals surface area contributed by atoms with Gasteiger partial charge in [-0.15, -0.1) is 0 Å². The minimum absolute atomic E-state index is 0.0207. The van der Waals surface area contributed by atoms with E-state index in [0.29, 0.717) is 25.9 Å². The Bertz CT molecular complexity index is 1480. The summed E-state index contributed by atoms with van der Waals surface area (Å²) >= 11 is 0. The van der Waals surface area contributed by atoms with Gasteiger partial charge >= 0.3 is 5.97 Å². The van der Waals surface area contributed by atoms with Crippen LogP contribution >= 0.6 is 0 Å². The highest BCUT2D eigenvalue weighted by Crippen LogP contribution is 2.33. The van der Waals surface area contributed by atoms with Gasteiger partial charge in [-0.05, 0) is 80.3 Å². The first-order valence-electron chi connectivity index (χ1n) is 17.6. The molecule has 3 aromatic rings. The zero-order chi connectivity index (χ0) is 34.8. The maximum Gasteiger partial charge on any atom is 0.306 e. The third-order valence-corrected chi connectivity index (χ3v) is 9.32.